The average Bonchev–Trinajstić information content (AvgIpc) is 2.26. The maximum atomic E-state index is 13.3. The van der Waals surface area contributed by atoms with E-state index < -0.39 is 11.8 Å². The van der Waals surface area contributed by atoms with Crippen molar-refractivity contribution in [1.82, 2.24) is 0 Å². The van der Waals surface area contributed by atoms with Crippen molar-refractivity contribution in [2.45, 2.75) is 0 Å². The summed E-state index contributed by atoms with van der Waals surface area (Å²) in [5, 5.41) is 17.3. The van der Waals surface area contributed by atoms with Crippen LogP contribution in [0.2, 0.25) is 0 Å². The van der Waals surface area contributed by atoms with E-state index in [0.717, 1.165) is 18.2 Å². The van der Waals surface area contributed by atoms with Gasteiger partial charge in [0, 0.05) is 11.6 Å². The van der Waals surface area contributed by atoms with Crippen LogP contribution in [-0.4, -0.2) is 18.2 Å². The number of carboxylic acid groups (broad SMARTS) is 1. The second-order valence-corrected chi connectivity index (χ2v) is 2.83. The molecule has 1 aromatic rings. The Bertz CT molecular complexity index is 489. The smallest absolute Gasteiger partial charge is 0.328 e. The third kappa shape index (κ3) is 2.36. The minimum atomic E-state index is -1.18. The van der Waals surface area contributed by atoms with Gasteiger partial charge in [-0.3, -0.25) is 0 Å². The first-order valence-corrected chi connectivity index (χ1v) is 4.27. The summed E-state index contributed by atoms with van der Waals surface area (Å²) < 4.78 is 18.1. The third-order valence-electron chi connectivity index (χ3n) is 1.87. The highest BCUT2D eigenvalue weighted by molar-refractivity contribution is 5.86. The predicted molar refractivity (Wildman–Crippen MR) is 54.3 cm³/mol. The fraction of sp³-hybridized carbons (Fsp3) is 0.0909. The maximum absolute atomic E-state index is 13.3. The van der Waals surface area contributed by atoms with Crippen molar-refractivity contribution in [1.29, 1.82) is 5.26 Å². The zero-order chi connectivity index (χ0) is 12.1. The largest absolute Gasteiger partial charge is 0.493 e. The van der Waals surface area contributed by atoms with Gasteiger partial charge in [-0.25, -0.2) is 9.18 Å². The number of benzene rings is 1. The molecule has 1 aromatic carbocycles. The van der Waals surface area contributed by atoms with Gasteiger partial charge in [-0.05, 0) is 18.2 Å². The topological polar surface area (TPSA) is 70.3 Å². The van der Waals surface area contributed by atoms with Crippen LogP contribution in [0.3, 0.4) is 0 Å². The molecule has 0 aromatic heterocycles. The summed E-state index contributed by atoms with van der Waals surface area (Å²) in [6.45, 7) is 0. The van der Waals surface area contributed by atoms with Crippen LogP contribution < -0.4 is 4.74 Å². The van der Waals surface area contributed by atoms with E-state index in [9.17, 15) is 9.18 Å². The summed E-state index contributed by atoms with van der Waals surface area (Å²) in [7, 11) is 1.25. The molecule has 82 valence electrons. The van der Waals surface area contributed by atoms with Crippen LogP contribution in [0.4, 0.5) is 4.39 Å². The molecule has 0 unspecified atom stereocenters. The van der Waals surface area contributed by atoms with Crippen molar-refractivity contribution in [2.24, 2.45) is 0 Å². The summed E-state index contributed by atoms with van der Waals surface area (Å²) in [6.07, 6.45) is 1.95. The molecule has 0 aliphatic heterocycles. The van der Waals surface area contributed by atoms with Crippen molar-refractivity contribution in [3.05, 3.63) is 35.2 Å². The van der Waals surface area contributed by atoms with Crippen LogP contribution in [-0.2, 0) is 4.79 Å². The van der Waals surface area contributed by atoms with Crippen molar-refractivity contribution in [3.8, 4) is 11.8 Å². The number of halogens is 1. The molecule has 0 radical (unpaired) electrons. The molecule has 5 heteroatoms. The van der Waals surface area contributed by atoms with Gasteiger partial charge in [0.15, 0.2) is 11.6 Å². The molecule has 1 rings (SSSR count). The number of carboxylic acids is 1. The number of rotatable bonds is 3. The lowest BCUT2D eigenvalue weighted by Crippen LogP contribution is -1.95. The van der Waals surface area contributed by atoms with Gasteiger partial charge in [-0.15, -0.1) is 0 Å². The Hall–Kier alpha value is -2.35. The molecular formula is C11H8FNO3. The molecule has 0 saturated carbocycles. The zero-order valence-electron chi connectivity index (χ0n) is 8.40. The number of aliphatic carboxylic acids is 1. The summed E-state index contributed by atoms with van der Waals surface area (Å²) in [4.78, 5) is 10.4. The number of ether oxygens (including phenoxy) is 1. The quantitative estimate of drug-likeness (QED) is 0.790. The molecule has 0 fully saturated rings. The van der Waals surface area contributed by atoms with E-state index in [-0.39, 0.29) is 16.9 Å². The van der Waals surface area contributed by atoms with Crippen LogP contribution in [0.1, 0.15) is 11.1 Å². The lowest BCUT2D eigenvalue weighted by atomic mass is 10.1. The number of methoxy groups -OCH3 is 1. The van der Waals surface area contributed by atoms with Gasteiger partial charge < -0.3 is 9.84 Å². The Labute approximate surface area is 91.2 Å². The molecule has 0 aliphatic rings. The molecule has 0 saturated heterocycles. The fourth-order valence-corrected chi connectivity index (χ4v) is 1.20. The molecule has 1 N–H and O–H groups in total. The van der Waals surface area contributed by atoms with E-state index in [1.807, 2.05) is 6.07 Å². The molecule has 0 atom stereocenters. The highest BCUT2D eigenvalue weighted by atomic mass is 19.1. The van der Waals surface area contributed by atoms with Crippen LogP contribution in [0.5, 0.6) is 5.75 Å². The number of hydrogen-bond acceptors (Lipinski definition) is 3. The lowest BCUT2D eigenvalue weighted by Gasteiger charge is -2.07. The second-order valence-electron chi connectivity index (χ2n) is 2.83. The van der Waals surface area contributed by atoms with Crippen molar-refractivity contribution < 1.29 is 19.0 Å². The van der Waals surface area contributed by atoms with Crippen LogP contribution in [0.25, 0.3) is 6.08 Å². The molecule has 0 spiro atoms. The maximum Gasteiger partial charge on any atom is 0.328 e. The number of hydrogen-bond donors (Lipinski definition) is 1. The van der Waals surface area contributed by atoms with Gasteiger partial charge in [0.2, 0.25) is 0 Å². The van der Waals surface area contributed by atoms with Gasteiger partial charge in [0.05, 0.1) is 18.7 Å². The fourth-order valence-electron chi connectivity index (χ4n) is 1.20. The van der Waals surface area contributed by atoms with Crippen LogP contribution >= 0.6 is 0 Å². The highest BCUT2D eigenvalue weighted by Gasteiger charge is 2.11. The summed E-state index contributed by atoms with van der Waals surface area (Å²) >= 11 is 0. The van der Waals surface area contributed by atoms with E-state index in [1.165, 1.54) is 13.2 Å². The number of nitriles is 1. The Kier molecular flexibility index (Phi) is 3.62. The number of carbonyl (C=O) groups is 1. The molecule has 0 heterocycles. The average molecular weight is 221 g/mol. The summed E-state index contributed by atoms with van der Waals surface area (Å²) in [5.41, 5.74) is 0.267. The minimum absolute atomic E-state index is 0.118. The zero-order valence-corrected chi connectivity index (χ0v) is 8.40. The van der Waals surface area contributed by atoms with E-state index in [4.69, 9.17) is 15.1 Å². The highest BCUT2D eigenvalue weighted by Crippen LogP contribution is 2.26. The number of nitrogens with zero attached hydrogens (tertiary/aromatic N) is 1. The van der Waals surface area contributed by atoms with E-state index >= 15 is 0 Å². The third-order valence-corrected chi connectivity index (χ3v) is 1.87. The van der Waals surface area contributed by atoms with E-state index in [1.54, 1.807) is 0 Å². The van der Waals surface area contributed by atoms with Gasteiger partial charge in [0.1, 0.15) is 0 Å². The van der Waals surface area contributed by atoms with Crippen LogP contribution in [0, 0.1) is 17.1 Å². The Morgan fingerprint density at radius 3 is 2.81 bits per heavy atom. The standard InChI is InChI=1S/C11H8FNO3/c1-16-11-8(3-5-10(14)15)7(6-13)2-4-9(11)12/h2-5H,1H3,(H,14,15)/b5-3+. The first kappa shape index (κ1) is 11.7. The first-order valence-electron chi connectivity index (χ1n) is 4.27. The van der Waals surface area contributed by atoms with Crippen molar-refractivity contribution >= 4 is 12.0 Å². The Balaban J connectivity index is 3.38. The Morgan fingerprint density at radius 2 is 2.31 bits per heavy atom. The van der Waals surface area contributed by atoms with E-state index in [0.29, 0.717) is 0 Å². The molecule has 0 bridgehead atoms. The molecule has 4 nitrogen and oxygen atoms in total. The predicted octanol–water partition coefficient (Wildman–Crippen LogP) is 1.80. The SMILES string of the molecule is COc1c(F)ccc(C#N)c1/C=C/C(=O)O. The molecule has 16 heavy (non-hydrogen) atoms. The normalized spacial score (nSPS) is 10.1. The van der Waals surface area contributed by atoms with Gasteiger partial charge in [-0.1, -0.05) is 0 Å². The minimum Gasteiger partial charge on any atom is -0.493 e. The lowest BCUT2D eigenvalue weighted by molar-refractivity contribution is -0.131. The van der Waals surface area contributed by atoms with Crippen molar-refractivity contribution in [3.63, 3.8) is 0 Å². The van der Waals surface area contributed by atoms with Gasteiger partial charge in [-0.2, -0.15) is 5.26 Å². The van der Waals surface area contributed by atoms with Crippen LogP contribution in [0.15, 0.2) is 18.2 Å². The Morgan fingerprint density at radius 1 is 1.62 bits per heavy atom. The monoisotopic (exact) mass is 221 g/mol. The van der Waals surface area contributed by atoms with Gasteiger partial charge in [0.25, 0.3) is 0 Å². The first-order chi connectivity index (χ1) is 7.60. The molecule has 0 amide bonds. The molecule has 0 aliphatic carbocycles. The summed E-state index contributed by atoms with van der Waals surface area (Å²) in [5.74, 6) is -1.97. The van der Waals surface area contributed by atoms with Gasteiger partial charge >= 0.3 is 5.97 Å². The summed E-state index contributed by atoms with van der Waals surface area (Å²) in [6, 6.07) is 4.19. The second kappa shape index (κ2) is 4.94. The van der Waals surface area contributed by atoms with Crippen molar-refractivity contribution in [2.75, 3.05) is 7.11 Å². The van der Waals surface area contributed by atoms with E-state index in [2.05, 4.69) is 0 Å². The molecular weight excluding hydrogens is 213 g/mol.